The van der Waals surface area contributed by atoms with Crippen molar-refractivity contribution in [2.24, 2.45) is 5.10 Å². The van der Waals surface area contributed by atoms with Crippen LogP contribution in [0.2, 0.25) is 0 Å². The summed E-state index contributed by atoms with van der Waals surface area (Å²) in [5, 5.41) is 30.6. The average Bonchev–Trinajstić information content (AvgIpc) is 2.91. The first-order chi connectivity index (χ1) is 18.7. The fourth-order valence-electron chi connectivity index (χ4n) is 3.75. The number of hydrogen-bond donors (Lipinski definition) is 4. The van der Waals surface area contributed by atoms with Gasteiger partial charge in [0.25, 0.3) is 0 Å². The molecular weight excluding hydrogens is 514 g/mol. The van der Waals surface area contributed by atoms with E-state index >= 15 is 0 Å². The number of ether oxygens (including phenoxy) is 4. The third kappa shape index (κ3) is 7.13. The predicted octanol–water partition coefficient (Wildman–Crippen LogP) is 2.12. The number of hydrazone groups is 1. The number of carbonyl (C=O) groups excluding carboxylic acids is 2. The molecule has 0 saturated heterocycles. The van der Waals surface area contributed by atoms with Crippen molar-refractivity contribution < 1.29 is 38.6 Å². The Bertz CT molecular complexity index is 1290. The SMILES string of the molecule is CCOc1cc([C@H]2NC(=O)NC(C)=C2C(=O)OC)ccc1OC[C@H](O)N/N=C\c1ccc(OC)c([N+](=O)[O-])c1. The molecule has 2 amide bonds. The van der Waals surface area contributed by atoms with Gasteiger partial charge in [0, 0.05) is 17.3 Å². The standard InChI is InChI=1S/C25H29N5O9/c1-5-38-20-11-16(23-22(24(32)37-4)14(2)27-25(33)28-23)7-9-19(20)39-13-21(31)29-26-12-15-6-8-18(36-3)17(10-15)30(34)35/h6-12,21,23,29,31H,5,13H2,1-4H3,(H2,27,28,33)/b26-12-/t21-,23+/m0/s1. The van der Waals surface area contributed by atoms with Gasteiger partial charge in [-0.15, -0.1) is 0 Å². The molecule has 0 unspecified atom stereocenters. The zero-order valence-electron chi connectivity index (χ0n) is 21.7. The fraction of sp³-hybridized carbons (Fsp3) is 0.320. The number of aliphatic hydroxyl groups excluding tert-OH is 1. The van der Waals surface area contributed by atoms with Gasteiger partial charge in [-0.05, 0) is 43.7 Å². The van der Waals surface area contributed by atoms with Crippen LogP contribution in [0, 0.1) is 10.1 Å². The van der Waals surface area contributed by atoms with Crippen LogP contribution in [0.1, 0.15) is 31.0 Å². The quantitative estimate of drug-likeness (QED) is 0.102. The molecule has 4 N–H and O–H groups in total. The maximum Gasteiger partial charge on any atom is 0.337 e. The minimum atomic E-state index is -1.23. The van der Waals surface area contributed by atoms with Crippen LogP contribution < -0.4 is 30.3 Å². The van der Waals surface area contributed by atoms with E-state index in [2.05, 4.69) is 21.2 Å². The molecule has 14 nitrogen and oxygen atoms in total. The molecular formula is C25H29N5O9. The molecule has 0 aliphatic carbocycles. The molecule has 0 radical (unpaired) electrons. The summed E-state index contributed by atoms with van der Waals surface area (Å²) < 4.78 is 21.2. The molecule has 0 bridgehead atoms. The molecule has 2 atom stereocenters. The van der Waals surface area contributed by atoms with Crippen LogP contribution in [0.4, 0.5) is 10.5 Å². The molecule has 3 rings (SSSR count). The summed E-state index contributed by atoms with van der Waals surface area (Å²) in [5.41, 5.74) is 3.84. The Kier molecular flexibility index (Phi) is 9.64. The molecule has 2 aromatic carbocycles. The van der Waals surface area contributed by atoms with Crippen molar-refractivity contribution in [1.82, 2.24) is 16.1 Å². The second kappa shape index (κ2) is 13.1. The first kappa shape index (κ1) is 28.7. The number of urea groups is 1. The number of nitro benzene ring substituents is 1. The number of nitro groups is 1. The molecule has 0 saturated carbocycles. The second-order valence-electron chi connectivity index (χ2n) is 8.10. The van der Waals surface area contributed by atoms with Crippen molar-refractivity contribution in [1.29, 1.82) is 0 Å². The van der Waals surface area contributed by atoms with Crippen LogP contribution in [-0.4, -0.2) is 61.9 Å². The molecule has 1 aliphatic heterocycles. The Hall–Kier alpha value is -4.85. The Morgan fingerprint density at radius 2 is 1.95 bits per heavy atom. The number of carbonyl (C=O) groups is 2. The van der Waals surface area contributed by atoms with Gasteiger partial charge >= 0.3 is 17.7 Å². The number of rotatable bonds is 12. The number of allylic oxidation sites excluding steroid dienone is 1. The van der Waals surface area contributed by atoms with E-state index < -0.39 is 29.2 Å². The highest BCUT2D eigenvalue weighted by Crippen LogP contribution is 2.35. The second-order valence-corrected chi connectivity index (χ2v) is 8.10. The van der Waals surface area contributed by atoms with Crippen LogP contribution in [-0.2, 0) is 9.53 Å². The van der Waals surface area contributed by atoms with Gasteiger partial charge in [-0.2, -0.15) is 5.10 Å². The van der Waals surface area contributed by atoms with E-state index in [4.69, 9.17) is 18.9 Å². The van der Waals surface area contributed by atoms with Gasteiger partial charge in [0.15, 0.2) is 23.5 Å². The minimum absolute atomic E-state index is 0.116. The predicted molar refractivity (Wildman–Crippen MR) is 139 cm³/mol. The van der Waals surface area contributed by atoms with Crippen molar-refractivity contribution in [3.05, 3.63) is 68.9 Å². The van der Waals surface area contributed by atoms with Crippen LogP contribution in [0.15, 0.2) is 52.8 Å². The van der Waals surface area contributed by atoms with Crippen molar-refractivity contribution >= 4 is 23.9 Å². The third-order valence-corrected chi connectivity index (χ3v) is 5.51. The molecule has 14 heteroatoms. The molecule has 0 spiro atoms. The number of nitrogens with one attached hydrogen (secondary N) is 3. The molecule has 208 valence electrons. The molecule has 0 fully saturated rings. The monoisotopic (exact) mass is 543 g/mol. The summed E-state index contributed by atoms with van der Waals surface area (Å²) >= 11 is 0. The van der Waals surface area contributed by atoms with Crippen molar-refractivity contribution in [2.75, 3.05) is 27.4 Å². The summed E-state index contributed by atoms with van der Waals surface area (Å²) in [5.74, 6) is 0.148. The van der Waals surface area contributed by atoms with E-state index in [0.717, 1.165) is 0 Å². The summed E-state index contributed by atoms with van der Waals surface area (Å²) in [7, 11) is 2.59. The molecule has 0 aromatic heterocycles. The highest BCUT2D eigenvalue weighted by molar-refractivity contribution is 5.95. The number of esters is 1. The number of aliphatic hydroxyl groups is 1. The van der Waals surface area contributed by atoms with Gasteiger partial charge in [0.2, 0.25) is 0 Å². The Labute approximate surface area is 223 Å². The van der Waals surface area contributed by atoms with Gasteiger partial charge in [-0.3, -0.25) is 15.5 Å². The summed E-state index contributed by atoms with van der Waals surface area (Å²) in [6.07, 6.45) is 0.0708. The lowest BCUT2D eigenvalue weighted by molar-refractivity contribution is -0.385. The summed E-state index contributed by atoms with van der Waals surface area (Å²) in [4.78, 5) is 35.0. The maximum atomic E-state index is 12.4. The van der Waals surface area contributed by atoms with Gasteiger partial charge in [0.05, 0.1) is 43.6 Å². The first-order valence-electron chi connectivity index (χ1n) is 11.7. The Morgan fingerprint density at radius 3 is 2.62 bits per heavy atom. The summed E-state index contributed by atoms with van der Waals surface area (Å²) in [6, 6.07) is 7.92. The van der Waals surface area contributed by atoms with E-state index in [1.165, 1.54) is 32.6 Å². The van der Waals surface area contributed by atoms with E-state index in [-0.39, 0.29) is 23.6 Å². The highest BCUT2D eigenvalue weighted by Gasteiger charge is 2.32. The maximum absolute atomic E-state index is 12.4. The Morgan fingerprint density at radius 1 is 1.21 bits per heavy atom. The molecule has 1 heterocycles. The van der Waals surface area contributed by atoms with Gasteiger partial charge in [-0.1, -0.05) is 6.07 Å². The molecule has 2 aromatic rings. The number of amides is 2. The highest BCUT2D eigenvalue weighted by atomic mass is 16.6. The van der Waals surface area contributed by atoms with Crippen LogP contribution in [0.25, 0.3) is 0 Å². The van der Waals surface area contributed by atoms with Crippen molar-refractivity contribution in [3.8, 4) is 17.2 Å². The normalized spacial score (nSPS) is 15.7. The third-order valence-electron chi connectivity index (χ3n) is 5.51. The van der Waals surface area contributed by atoms with Crippen molar-refractivity contribution in [3.63, 3.8) is 0 Å². The molecule has 1 aliphatic rings. The van der Waals surface area contributed by atoms with E-state index in [1.807, 2.05) is 0 Å². The lowest BCUT2D eigenvalue weighted by Crippen LogP contribution is -2.45. The van der Waals surface area contributed by atoms with E-state index in [9.17, 15) is 24.8 Å². The summed E-state index contributed by atoms with van der Waals surface area (Å²) in [6.45, 7) is 3.46. The minimum Gasteiger partial charge on any atom is -0.490 e. The molecule has 39 heavy (non-hydrogen) atoms. The zero-order chi connectivity index (χ0) is 28.5. The van der Waals surface area contributed by atoms with Gasteiger partial charge in [0.1, 0.15) is 6.61 Å². The number of benzene rings is 2. The number of hydrogen-bond acceptors (Lipinski definition) is 11. The Balaban J connectivity index is 1.70. The van der Waals surface area contributed by atoms with Crippen molar-refractivity contribution in [2.45, 2.75) is 26.1 Å². The first-order valence-corrected chi connectivity index (χ1v) is 11.7. The topological polar surface area (TPSA) is 183 Å². The van der Waals surface area contributed by atoms with E-state index in [1.54, 1.807) is 38.1 Å². The fourth-order valence-corrected chi connectivity index (χ4v) is 3.75. The van der Waals surface area contributed by atoms with Gasteiger partial charge in [-0.25, -0.2) is 9.59 Å². The van der Waals surface area contributed by atoms with E-state index in [0.29, 0.717) is 34.9 Å². The van der Waals surface area contributed by atoms with Gasteiger partial charge < -0.3 is 34.7 Å². The number of methoxy groups -OCH3 is 2. The number of nitrogens with zero attached hydrogens (tertiary/aromatic N) is 2. The smallest absolute Gasteiger partial charge is 0.337 e. The van der Waals surface area contributed by atoms with Crippen LogP contribution >= 0.6 is 0 Å². The largest absolute Gasteiger partial charge is 0.490 e. The lowest BCUT2D eigenvalue weighted by Gasteiger charge is -2.28. The average molecular weight is 544 g/mol. The van der Waals surface area contributed by atoms with Crippen LogP contribution in [0.5, 0.6) is 17.2 Å². The zero-order valence-corrected chi connectivity index (χ0v) is 21.7. The lowest BCUT2D eigenvalue weighted by atomic mass is 9.95. The van der Waals surface area contributed by atoms with Crippen LogP contribution in [0.3, 0.4) is 0 Å².